The fraction of sp³-hybridized carbons (Fsp3) is 0.462. The third kappa shape index (κ3) is 5.33. The number of nitrogens with one attached hydrogen (secondary N) is 1. The molecule has 17 heavy (non-hydrogen) atoms. The number of hydrogen-bond donors (Lipinski definition) is 1. The second kappa shape index (κ2) is 8.25. The molecule has 1 aromatic heterocycles. The lowest BCUT2D eigenvalue weighted by molar-refractivity contribution is 0.296. The average Bonchev–Trinajstić information content (AvgIpc) is 2.34. The van der Waals surface area contributed by atoms with Gasteiger partial charge in [-0.15, -0.1) is 6.58 Å². The molecule has 0 aliphatic rings. The molecule has 1 rings (SSSR count). The van der Waals surface area contributed by atoms with Gasteiger partial charge in [0.1, 0.15) is 0 Å². The van der Waals surface area contributed by atoms with Crippen LogP contribution in [0.4, 0.5) is 0 Å². The number of hydrogen-bond acceptors (Lipinski definition) is 3. The maximum atomic E-state index is 5.67. The molecule has 1 heterocycles. The largest absolute Gasteiger partial charge is 0.477 e. The number of halogens is 1. The van der Waals surface area contributed by atoms with E-state index >= 15 is 0 Å². The molecule has 0 bridgehead atoms. The topological polar surface area (TPSA) is 34.1 Å². The lowest BCUT2D eigenvalue weighted by Gasteiger charge is -2.10. The van der Waals surface area contributed by atoms with Crippen molar-refractivity contribution in [3.63, 3.8) is 0 Å². The molecule has 0 saturated carbocycles. The molecule has 0 radical (unpaired) electrons. The van der Waals surface area contributed by atoms with E-state index in [1.54, 1.807) is 6.20 Å². The molecule has 94 valence electrons. The second-order valence-electron chi connectivity index (χ2n) is 3.68. The highest BCUT2D eigenvalue weighted by molar-refractivity contribution is 9.10. The summed E-state index contributed by atoms with van der Waals surface area (Å²) < 4.78 is 6.65. The van der Waals surface area contributed by atoms with Crippen LogP contribution in [0.15, 0.2) is 29.4 Å². The molecule has 0 fully saturated rings. The van der Waals surface area contributed by atoms with Crippen LogP contribution in [-0.4, -0.2) is 18.1 Å². The zero-order valence-electron chi connectivity index (χ0n) is 10.2. The van der Waals surface area contributed by atoms with Crippen LogP contribution in [0.5, 0.6) is 5.88 Å². The number of rotatable bonds is 8. The van der Waals surface area contributed by atoms with E-state index in [1.165, 1.54) is 0 Å². The Hall–Kier alpha value is -0.870. The minimum Gasteiger partial charge on any atom is -0.477 e. The predicted molar refractivity (Wildman–Crippen MR) is 74.2 cm³/mol. The number of aromatic nitrogens is 1. The quantitative estimate of drug-likeness (QED) is 0.591. The van der Waals surface area contributed by atoms with Gasteiger partial charge in [-0.3, -0.25) is 0 Å². The van der Waals surface area contributed by atoms with Crippen LogP contribution in [0.25, 0.3) is 0 Å². The van der Waals surface area contributed by atoms with Crippen molar-refractivity contribution in [2.45, 2.75) is 26.3 Å². The van der Waals surface area contributed by atoms with Gasteiger partial charge in [0.05, 0.1) is 6.61 Å². The lowest BCUT2D eigenvalue weighted by Crippen LogP contribution is -2.13. The predicted octanol–water partition coefficient (Wildman–Crippen LogP) is 3.30. The molecule has 0 atom stereocenters. The Balaban J connectivity index is 2.58. The van der Waals surface area contributed by atoms with Gasteiger partial charge in [0.25, 0.3) is 0 Å². The standard InChI is InChI=1S/C13H19BrN2O/c1-3-5-6-7-17-13-11(9-15-4-2)8-12(14)10-16-13/h3,8,10,15H,1,4-7,9H2,2H3. The van der Waals surface area contributed by atoms with Crippen LogP contribution in [0.2, 0.25) is 0 Å². The van der Waals surface area contributed by atoms with E-state index in [0.717, 1.165) is 41.8 Å². The summed E-state index contributed by atoms with van der Waals surface area (Å²) in [5, 5.41) is 3.28. The Morgan fingerprint density at radius 3 is 3.12 bits per heavy atom. The first-order valence-corrected chi connectivity index (χ1v) is 6.66. The van der Waals surface area contributed by atoms with E-state index in [2.05, 4.69) is 39.7 Å². The summed E-state index contributed by atoms with van der Waals surface area (Å²) in [5.41, 5.74) is 1.08. The average molecular weight is 299 g/mol. The Morgan fingerprint density at radius 2 is 2.41 bits per heavy atom. The third-order valence-electron chi connectivity index (χ3n) is 2.25. The van der Waals surface area contributed by atoms with E-state index in [0.29, 0.717) is 6.61 Å². The van der Waals surface area contributed by atoms with Gasteiger partial charge in [-0.1, -0.05) is 13.0 Å². The first kappa shape index (κ1) is 14.2. The van der Waals surface area contributed by atoms with E-state index in [4.69, 9.17) is 4.74 Å². The van der Waals surface area contributed by atoms with E-state index in [1.807, 2.05) is 12.1 Å². The summed E-state index contributed by atoms with van der Waals surface area (Å²) in [5.74, 6) is 0.721. The minimum atomic E-state index is 0.680. The molecule has 0 amide bonds. The van der Waals surface area contributed by atoms with Crippen LogP contribution >= 0.6 is 15.9 Å². The van der Waals surface area contributed by atoms with Crippen molar-refractivity contribution in [3.8, 4) is 5.88 Å². The zero-order valence-corrected chi connectivity index (χ0v) is 11.8. The Kier molecular flexibility index (Phi) is 6.89. The van der Waals surface area contributed by atoms with Crippen LogP contribution < -0.4 is 10.1 Å². The summed E-state index contributed by atoms with van der Waals surface area (Å²) in [7, 11) is 0. The highest BCUT2D eigenvalue weighted by Gasteiger charge is 2.05. The molecular weight excluding hydrogens is 280 g/mol. The van der Waals surface area contributed by atoms with Gasteiger partial charge in [-0.2, -0.15) is 0 Å². The van der Waals surface area contributed by atoms with Gasteiger partial charge in [0.15, 0.2) is 0 Å². The fourth-order valence-electron chi connectivity index (χ4n) is 1.38. The number of ether oxygens (including phenoxy) is 1. The van der Waals surface area contributed by atoms with Gasteiger partial charge < -0.3 is 10.1 Å². The molecule has 0 aliphatic carbocycles. The summed E-state index contributed by atoms with van der Waals surface area (Å²) in [6.07, 6.45) is 5.61. The highest BCUT2D eigenvalue weighted by Crippen LogP contribution is 2.20. The van der Waals surface area contributed by atoms with Crippen molar-refractivity contribution < 1.29 is 4.74 Å². The van der Waals surface area contributed by atoms with E-state index < -0.39 is 0 Å². The van der Waals surface area contributed by atoms with E-state index in [-0.39, 0.29) is 0 Å². The van der Waals surface area contributed by atoms with Crippen molar-refractivity contribution in [3.05, 3.63) is 35.0 Å². The number of nitrogens with zero attached hydrogens (tertiary/aromatic N) is 1. The Morgan fingerprint density at radius 1 is 1.59 bits per heavy atom. The van der Waals surface area contributed by atoms with Crippen molar-refractivity contribution >= 4 is 15.9 Å². The molecule has 0 spiro atoms. The maximum Gasteiger partial charge on any atom is 0.217 e. The van der Waals surface area contributed by atoms with Gasteiger partial charge in [0, 0.05) is 22.8 Å². The van der Waals surface area contributed by atoms with Crippen LogP contribution in [-0.2, 0) is 6.54 Å². The van der Waals surface area contributed by atoms with Crippen LogP contribution in [0, 0.1) is 0 Å². The molecule has 4 heteroatoms. The van der Waals surface area contributed by atoms with Gasteiger partial charge in [-0.05, 0) is 41.4 Å². The maximum absolute atomic E-state index is 5.67. The molecule has 3 nitrogen and oxygen atoms in total. The molecule has 0 saturated heterocycles. The number of unbranched alkanes of at least 4 members (excludes halogenated alkanes) is 1. The third-order valence-corrected chi connectivity index (χ3v) is 2.68. The molecule has 0 unspecified atom stereocenters. The first-order valence-electron chi connectivity index (χ1n) is 5.86. The number of allylic oxidation sites excluding steroid dienone is 1. The van der Waals surface area contributed by atoms with E-state index in [9.17, 15) is 0 Å². The SMILES string of the molecule is C=CCCCOc1ncc(Br)cc1CNCC. The zero-order chi connectivity index (χ0) is 12.5. The van der Waals surface area contributed by atoms with Crippen molar-refractivity contribution in [1.82, 2.24) is 10.3 Å². The van der Waals surface area contributed by atoms with Crippen LogP contribution in [0.3, 0.4) is 0 Å². The molecule has 0 aliphatic heterocycles. The van der Waals surface area contributed by atoms with Crippen LogP contribution in [0.1, 0.15) is 25.3 Å². The normalized spacial score (nSPS) is 10.2. The molecule has 1 aromatic rings. The number of pyridine rings is 1. The smallest absolute Gasteiger partial charge is 0.217 e. The second-order valence-corrected chi connectivity index (χ2v) is 4.59. The van der Waals surface area contributed by atoms with Gasteiger partial charge >= 0.3 is 0 Å². The summed E-state index contributed by atoms with van der Waals surface area (Å²) in [4.78, 5) is 4.29. The Bertz CT molecular complexity index is 355. The van der Waals surface area contributed by atoms with Gasteiger partial charge in [0.2, 0.25) is 5.88 Å². The lowest BCUT2D eigenvalue weighted by atomic mass is 10.2. The minimum absolute atomic E-state index is 0.680. The monoisotopic (exact) mass is 298 g/mol. The summed E-state index contributed by atoms with van der Waals surface area (Å²) >= 11 is 3.42. The van der Waals surface area contributed by atoms with Crippen molar-refractivity contribution in [2.75, 3.05) is 13.2 Å². The molecule has 0 aromatic carbocycles. The Labute approximate surface area is 111 Å². The van der Waals surface area contributed by atoms with Gasteiger partial charge in [-0.25, -0.2) is 4.98 Å². The summed E-state index contributed by atoms with van der Waals surface area (Å²) in [6, 6.07) is 2.04. The molecule has 1 N–H and O–H groups in total. The first-order chi connectivity index (χ1) is 8.27. The summed E-state index contributed by atoms with van der Waals surface area (Å²) in [6.45, 7) is 8.16. The highest BCUT2D eigenvalue weighted by atomic mass is 79.9. The van der Waals surface area contributed by atoms with Crippen molar-refractivity contribution in [2.24, 2.45) is 0 Å². The van der Waals surface area contributed by atoms with Crippen molar-refractivity contribution in [1.29, 1.82) is 0 Å². The molecular formula is C13H19BrN2O. The fourth-order valence-corrected chi connectivity index (χ4v) is 1.76.